The third kappa shape index (κ3) is 5.49. The topological polar surface area (TPSA) is 61.4 Å². The average molecular weight is 416 g/mol. The minimum atomic E-state index is -0.0536. The van der Waals surface area contributed by atoms with Crippen LogP contribution in [0.3, 0.4) is 0 Å². The second-order valence-electron chi connectivity index (χ2n) is 8.11. The number of carbonyl (C=O) groups excluding carboxylic acids is 2. The molecule has 2 atom stereocenters. The second-order valence-corrected chi connectivity index (χ2v) is 8.11. The standard InChI is InChI=1S/C23H29N3O2.ClH/c27-22(10-7-17-11-12-24-15-17)26-13-3-6-21(16-26)25-23(28)20-9-8-18-4-1-2-5-19(18)14-20;/h1-2,4-5,8-9,14,17,21,24H,3,6-7,10-13,15-16H2,(H,25,28);1H. The Hall–Kier alpha value is -2.11. The SMILES string of the molecule is Cl.O=C(NC1CCCN(C(=O)CCC2CCNC2)C1)c1ccc2ccccc2c1. The molecule has 2 aliphatic rings. The molecule has 2 unspecified atom stereocenters. The summed E-state index contributed by atoms with van der Waals surface area (Å²) in [6.07, 6.45) is 4.64. The maximum absolute atomic E-state index is 12.7. The zero-order valence-corrected chi connectivity index (χ0v) is 17.5. The minimum Gasteiger partial charge on any atom is -0.348 e. The molecule has 2 amide bonds. The monoisotopic (exact) mass is 415 g/mol. The van der Waals surface area contributed by atoms with Crippen LogP contribution in [0.15, 0.2) is 42.5 Å². The Morgan fingerprint density at radius 1 is 1.10 bits per heavy atom. The Labute approximate surface area is 178 Å². The van der Waals surface area contributed by atoms with Crippen LogP contribution in [0.5, 0.6) is 0 Å². The van der Waals surface area contributed by atoms with Crippen LogP contribution >= 0.6 is 12.4 Å². The normalized spacial score (nSPS) is 21.6. The van der Waals surface area contributed by atoms with E-state index in [9.17, 15) is 9.59 Å². The summed E-state index contributed by atoms with van der Waals surface area (Å²) >= 11 is 0. The van der Waals surface area contributed by atoms with Crippen molar-refractivity contribution in [3.8, 4) is 0 Å². The van der Waals surface area contributed by atoms with E-state index in [2.05, 4.69) is 10.6 Å². The molecule has 2 saturated heterocycles. The number of nitrogens with zero attached hydrogens (tertiary/aromatic N) is 1. The van der Waals surface area contributed by atoms with Gasteiger partial charge in [-0.05, 0) is 67.6 Å². The molecule has 0 radical (unpaired) electrons. The highest BCUT2D eigenvalue weighted by Crippen LogP contribution is 2.19. The van der Waals surface area contributed by atoms with E-state index in [4.69, 9.17) is 0 Å². The van der Waals surface area contributed by atoms with Crippen LogP contribution in [-0.2, 0) is 4.79 Å². The number of halogens is 1. The maximum atomic E-state index is 12.7. The molecule has 0 aliphatic carbocycles. The molecule has 2 N–H and O–H groups in total. The van der Waals surface area contributed by atoms with Gasteiger partial charge < -0.3 is 15.5 Å². The first-order valence-corrected chi connectivity index (χ1v) is 10.5. The van der Waals surface area contributed by atoms with E-state index in [-0.39, 0.29) is 30.3 Å². The molecule has 2 aliphatic heterocycles. The number of hydrogen-bond donors (Lipinski definition) is 2. The molecule has 2 fully saturated rings. The maximum Gasteiger partial charge on any atom is 0.251 e. The molecule has 0 bridgehead atoms. The van der Waals surface area contributed by atoms with E-state index in [0.29, 0.717) is 24.4 Å². The van der Waals surface area contributed by atoms with Gasteiger partial charge in [-0.25, -0.2) is 0 Å². The molecule has 156 valence electrons. The van der Waals surface area contributed by atoms with Crippen molar-refractivity contribution in [2.45, 2.75) is 38.1 Å². The Morgan fingerprint density at radius 2 is 1.93 bits per heavy atom. The van der Waals surface area contributed by atoms with Gasteiger partial charge in [0.05, 0.1) is 0 Å². The number of hydrogen-bond acceptors (Lipinski definition) is 3. The van der Waals surface area contributed by atoms with Gasteiger partial charge in [-0.3, -0.25) is 9.59 Å². The Balaban J connectivity index is 0.00000240. The van der Waals surface area contributed by atoms with Crippen molar-refractivity contribution >= 4 is 35.0 Å². The lowest BCUT2D eigenvalue weighted by Gasteiger charge is -2.33. The van der Waals surface area contributed by atoms with Crippen molar-refractivity contribution in [2.24, 2.45) is 5.92 Å². The van der Waals surface area contributed by atoms with Gasteiger partial charge in [-0.15, -0.1) is 12.4 Å². The number of benzene rings is 2. The molecular formula is C23H30ClN3O2. The molecule has 2 aromatic carbocycles. The zero-order valence-electron chi connectivity index (χ0n) is 16.7. The fraction of sp³-hybridized carbons (Fsp3) is 0.478. The summed E-state index contributed by atoms with van der Waals surface area (Å²) in [4.78, 5) is 27.2. The first-order valence-electron chi connectivity index (χ1n) is 10.5. The van der Waals surface area contributed by atoms with E-state index in [1.54, 1.807) is 0 Å². The summed E-state index contributed by atoms with van der Waals surface area (Å²) in [6, 6.07) is 13.9. The van der Waals surface area contributed by atoms with Gasteiger partial charge in [0.1, 0.15) is 0 Å². The highest BCUT2D eigenvalue weighted by Gasteiger charge is 2.26. The molecule has 29 heavy (non-hydrogen) atoms. The number of piperidine rings is 1. The Kier molecular flexibility index (Phi) is 7.51. The summed E-state index contributed by atoms with van der Waals surface area (Å²) in [5, 5.41) is 8.69. The van der Waals surface area contributed by atoms with Crippen LogP contribution < -0.4 is 10.6 Å². The van der Waals surface area contributed by atoms with Crippen molar-refractivity contribution in [3.05, 3.63) is 48.0 Å². The Morgan fingerprint density at radius 3 is 2.72 bits per heavy atom. The summed E-state index contributed by atoms with van der Waals surface area (Å²) < 4.78 is 0. The number of nitrogens with one attached hydrogen (secondary N) is 2. The molecular weight excluding hydrogens is 386 g/mol. The van der Waals surface area contributed by atoms with E-state index >= 15 is 0 Å². The van der Waals surface area contributed by atoms with Gasteiger partial charge in [-0.1, -0.05) is 30.3 Å². The third-order valence-corrected chi connectivity index (χ3v) is 6.05. The molecule has 4 rings (SSSR count). The second kappa shape index (κ2) is 10.1. The molecule has 0 saturated carbocycles. The lowest BCUT2D eigenvalue weighted by molar-refractivity contribution is -0.132. The van der Waals surface area contributed by atoms with Crippen LogP contribution in [0.4, 0.5) is 0 Å². The van der Waals surface area contributed by atoms with Gasteiger partial charge in [0.15, 0.2) is 0 Å². The predicted octanol–water partition coefficient (Wildman–Crippen LogP) is 3.37. The number of rotatable bonds is 5. The predicted molar refractivity (Wildman–Crippen MR) is 118 cm³/mol. The lowest BCUT2D eigenvalue weighted by Crippen LogP contribution is -2.49. The lowest BCUT2D eigenvalue weighted by atomic mass is 10.0. The molecule has 6 heteroatoms. The average Bonchev–Trinajstić information content (AvgIpc) is 3.25. The van der Waals surface area contributed by atoms with Crippen molar-refractivity contribution in [1.29, 1.82) is 0 Å². The van der Waals surface area contributed by atoms with Crippen LogP contribution in [0.2, 0.25) is 0 Å². The molecule has 5 nitrogen and oxygen atoms in total. The molecule has 0 aromatic heterocycles. The molecule has 2 aromatic rings. The minimum absolute atomic E-state index is 0. The van der Waals surface area contributed by atoms with Crippen molar-refractivity contribution in [3.63, 3.8) is 0 Å². The van der Waals surface area contributed by atoms with Crippen molar-refractivity contribution in [1.82, 2.24) is 15.5 Å². The summed E-state index contributed by atoms with van der Waals surface area (Å²) in [5.41, 5.74) is 0.677. The van der Waals surface area contributed by atoms with E-state index in [1.807, 2.05) is 47.4 Å². The summed E-state index contributed by atoms with van der Waals surface area (Å²) in [6.45, 7) is 3.55. The van der Waals surface area contributed by atoms with Crippen LogP contribution in [0.25, 0.3) is 10.8 Å². The molecule has 0 spiro atoms. The van der Waals surface area contributed by atoms with Crippen LogP contribution in [0, 0.1) is 5.92 Å². The van der Waals surface area contributed by atoms with Gasteiger partial charge >= 0.3 is 0 Å². The number of fused-ring (bicyclic) bond motifs is 1. The van der Waals surface area contributed by atoms with E-state index in [0.717, 1.165) is 49.7 Å². The largest absolute Gasteiger partial charge is 0.348 e. The number of carbonyl (C=O) groups is 2. The Bertz CT molecular complexity index is 851. The van der Waals surface area contributed by atoms with Crippen LogP contribution in [0.1, 0.15) is 42.5 Å². The molecule has 2 heterocycles. The van der Waals surface area contributed by atoms with Gasteiger partial charge in [0.2, 0.25) is 5.91 Å². The van der Waals surface area contributed by atoms with Gasteiger partial charge in [0.25, 0.3) is 5.91 Å². The first kappa shape index (κ1) is 21.6. The van der Waals surface area contributed by atoms with Crippen molar-refractivity contribution < 1.29 is 9.59 Å². The third-order valence-electron chi connectivity index (χ3n) is 6.05. The fourth-order valence-corrected chi connectivity index (χ4v) is 4.37. The van der Waals surface area contributed by atoms with Crippen molar-refractivity contribution in [2.75, 3.05) is 26.2 Å². The van der Waals surface area contributed by atoms with Gasteiger partial charge in [-0.2, -0.15) is 0 Å². The van der Waals surface area contributed by atoms with E-state index in [1.165, 1.54) is 6.42 Å². The summed E-state index contributed by atoms with van der Waals surface area (Å²) in [5.74, 6) is 0.816. The smallest absolute Gasteiger partial charge is 0.251 e. The summed E-state index contributed by atoms with van der Waals surface area (Å²) in [7, 11) is 0. The first-order chi connectivity index (χ1) is 13.7. The van der Waals surface area contributed by atoms with Gasteiger partial charge in [0, 0.05) is 31.1 Å². The highest BCUT2D eigenvalue weighted by atomic mass is 35.5. The highest BCUT2D eigenvalue weighted by molar-refractivity contribution is 5.98. The van der Waals surface area contributed by atoms with Crippen LogP contribution in [-0.4, -0.2) is 48.9 Å². The van der Waals surface area contributed by atoms with E-state index < -0.39 is 0 Å². The number of likely N-dealkylation sites (tertiary alicyclic amines) is 1. The number of amides is 2. The zero-order chi connectivity index (χ0) is 19.3. The fourth-order valence-electron chi connectivity index (χ4n) is 4.37. The quantitative estimate of drug-likeness (QED) is 0.787.